The van der Waals surface area contributed by atoms with Crippen molar-refractivity contribution in [2.24, 2.45) is 5.92 Å². The van der Waals surface area contributed by atoms with Crippen LogP contribution in [0.15, 0.2) is 47.4 Å². The van der Waals surface area contributed by atoms with Crippen LogP contribution in [0.2, 0.25) is 0 Å². The van der Waals surface area contributed by atoms with Crippen LogP contribution in [-0.2, 0) is 10.0 Å². The first-order valence-corrected chi connectivity index (χ1v) is 10.9. The third kappa shape index (κ3) is 4.71. The number of nitrogens with one attached hydrogen (secondary N) is 1. The van der Waals surface area contributed by atoms with Gasteiger partial charge < -0.3 is 14.8 Å². The van der Waals surface area contributed by atoms with Gasteiger partial charge >= 0.3 is 0 Å². The van der Waals surface area contributed by atoms with Crippen LogP contribution in [0.1, 0.15) is 30.1 Å². The number of rotatable bonds is 6. The van der Waals surface area contributed by atoms with Crippen molar-refractivity contribution < 1.29 is 22.7 Å². The summed E-state index contributed by atoms with van der Waals surface area (Å²) in [7, 11) is -0.475. The van der Waals surface area contributed by atoms with E-state index in [1.54, 1.807) is 18.2 Å². The lowest BCUT2D eigenvalue weighted by Gasteiger charge is -2.29. The van der Waals surface area contributed by atoms with E-state index in [4.69, 9.17) is 9.47 Å². The van der Waals surface area contributed by atoms with E-state index in [0.29, 0.717) is 41.8 Å². The van der Waals surface area contributed by atoms with Crippen LogP contribution >= 0.6 is 0 Å². The summed E-state index contributed by atoms with van der Waals surface area (Å²) < 4.78 is 37.5. The molecule has 1 N–H and O–H groups in total. The van der Waals surface area contributed by atoms with Crippen LogP contribution in [0.5, 0.6) is 11.5 Å². The third-order valence-electron chi connectivity index (χ3n) is 5.14. The molecule has 1 saturated heterocycles. The van der Waals surface area contributed by atoms with Gasteiger partial charge in [-0.1, -0.05) is 6.92 Å². The van der Waals surface area contributed by atoms with Gasteiger partial charge in [0.1, 0.15) is 0 Å². The SMILES string of the molecule is COc1ccc(NC(=O)c2ccc(S(=O)(=O)N3CCC(C)CC3)cc2)cc1OC. The molecule has 0 aliphatic carbocycles. The smallest absolute Gasteiger partial charge is 0.255 e. The van der Waals surface area contributed by atoms with E-state index in [-0.39, 0.29) is 10.8 Å². The molecule has 1 aliphatic heterocycles. The maximum Gasteiger partial charge on any atom is 0.255 e. The number of hydrogen-bond acceptors (Lipinski definition) is 5. The molecule has 0 spiro atoms. The zero-order valence-electron chi connectivity index (χ0n) is 16.8. The van der Waals surface area contributed by atoms with Crippen molar-refractivity contribution >= 4 is 21.6 Å². The van der Waals surface area contributed by atoms with Gasteiger partial charge in [0.15, 0.2) is 11.5 Å². The molecule has 3 rings (SSSR count). The van der Waals surface area contributed by atoms with Crippen molar-refractivity contribution in [2.75, 3.05) is 32.6 Å². The van der Waals surface area contributed by atoms with E-state index >= 15 is 0 Å². The van der Waals surface area contributed by atoms with E-state index < -0.39 is 10.0 Å². The number of amides is 1. The Kier molecular flexibility index (Phi) is 6.44. The highest BCUT2D eigenvalue weighted by molar-refractivity contribution is 7.89. The van der Waals surface area contributed by atoms with Crippen LogP contribution in [0.3, 0.4) is 0 Å². The maximum absolute atomic E-state index is 12.8. The minimum absolute atomic E-state index is 0.203. The number of methoxy groups -OCH3 is 2. The number of piperidine rings is 1. The lowest BCUT2D eigenvalue weighted by Crippen LogP contribution is -2.37. The lowest BCUT2D eigenvalue weighted by atomic mass is 10.0. The number of carbonyl (C=O) groups excluding carboxylic acids is 1. The predicted octanol–water partition coefficient (Wildman–Crippen LogP) is 3.38. The monoisotopic (exact) mass is 418 g/mol. The highest BCUT2D eigenvalue weighted by Crippen LogP contribution is 2.30. The lowest BCUT2D eigenvalue weighted by molar-refractivity contribution is 0.102. The predicted molar refractivity (Wildman–Crippen MR) is 111 cm³/mol. The minimum atomic E-state index is -3.53. The zero-order chi connectivity index (χ0) is 21.0. The first-order valence-electron chi connectivity index (χ1n) is 9.48. The molecule has 1 heterocycles. The van der Waals surface area contributed by atoms with Gasteiger partial charge in [-0.3, -0.25) is 4.79 Å². The Morgan fingerprint density at radius 3 is 2.21 bits per heavy atom. The zero-order valence-corrected chi connectivity index (χ0v) is 17.7. The normalized spacial score (nSPS) is 15.7. The Labute approximate surface area is 171 Å². The van der Waals surface area contributed by atoms with Crippen molar-refractivity contribution in [3.63, 3.8) is 0 Å². The van der Waals surface area contributed by atoms with Gasteiger partial charge in [0.25, 0.3) is 5.91 Å². The molecule has 2 aromatic rings. The molecule has 1 amide bonds. The van der Waals surface area contributed by atoms with Gasteiger partial charge in [-0.2, -0.15) is 4.31 Å². The highest BCUT2D eigenvalue weighted by atomic mass is 32.2. The Morgan fingerprint density at radius 1 is 1.00 bits per heavy atom. The van der Waals surface area contributed by atoms with Crippen LogP contribution in [0.25, 0.3) is 0 Å². The fraction of sp³-hybridized carbons (Fsp3) is 0.381. The number of anilines is 1. The van der Waals surface area contributed by atoms with Crippen LogP contribution in [0, 0.1) is 5.92 Å². The summed E-state index contributed by atoms with van der Waals surface area (Å²) in [6, 6.07) is 11.1. The molecule has 2 aromatic carbocycles. The van der Waals surface area contributed by atoms with Crippen LogP contribution < -0.4 is 14.8 Å². The Hall–Kier alpha value is -2.58. The third-order valence-corrected chi connectivity index (χ3v) is 7.05. The standard InChI is InChI=1S/C21H26N2O5S/c1-15-10-12-23(13-11-15)29(25,26)18-7-4-16(5-8-18)21(24)22-17-6-9-19(27-2)20(14-17)28-3/h4-9,14-15H,10-13H2,1-3H3,(H,22,24). The molecule has 7 nitrogen and oxygen atoms in total. The molecule has 0 aromatic heterocycles. The molecule has 1 fully saturated rings. The van der Waals surface area contributed by atoms with Gasteiger partial charge in [0.05, 0.1) is 19.1 Å². The van der Waals surface area contributed by atoms with E-state index in [9.17, 15) is 13.2 Å². The topological polar surface area (TPSA) is 84.9 Å². The second kappa shape index (κ2) is 8.84. The molecule has 0 radical (unpaired) electrons. The van der Waals surface area contributed by atoms with E-state index in [1.165, 1.54) is 42.8 Å². The highest BCUT2D eigenvalue weighted by Gasteiger charge is 2.28. The van der Waals surface area contributed by atoms with Crippen molar-refractivity contribution in [3.05, 3.63) is 48.0 Å². The summed E-state index contributed by atoms with van der Waals surface area (Å²) in [4.78, 5) is 12.7. The molecule has 0 saturated carbocycles. The number of hydrogen-bond donors (Lipinski definition) is 1. The van der Waals surface area contributed by atoms with Crippen molar-refractivity contribution in [2.45, 2.75) is 24.7 Å². The molecule has 0 bridgehead atoms. The van der Waals surface area contributed by atoms with Crippen molar-refractivity contribution in [1.29, 1.82) is 0 Å². The molecular weight excluding hydrogens is 392 g/mol. The van der Waals surface area contributed by atoms with E-state index in [2.05, 4.69) is 12.2 Å². The average molecular weight is 419 g/mol. The quantitative estimate of drug-likeness (QED) is 0.777. The van der Waals surface area contributed by atoms with Gasteiger partial charge in [-0.25, -0.2) is 8.42 Å². The average Bonchev–Trinajstić information content (AvgIpc) is 2.74. The summed E-state index contributed by atoms with van der Waals surface area (Å²) in [5.41, 5.74) is 0.915. The molecular formula is C21H26N2O5S. The fourth-order valence-corrected chi connectivity index (χ4v) is 4.74. The van der Waals surface area contributed by atoms with Crippen LogP contribution in [-0.4, -0.2) is 45.9 Å². The second-order valence-corrected chi connectivity index (χ2v) is 9.07. The maximum atomic E-state index is 12.8. The number of benzene rings is 2. The largest absolute Gasteiger partial charge is 0.493 e. The number of nitrogens with zero attached hydrogens (tertiary/aromatic N) is 1. The van der Waals surface area contributed by atoms with Crippen LogP contribution in [0.4, 0.5) is 5.69 Å². The summed E-state index contributed by atoms with van der Waals surface area (Å²) in [5, 5.41) is 2.78. The fourth-order valence-electron chi connectivity index (χ4n) is 3.27. The first kappa shape index (κ1) is 21.1. The number of carbonyl (C=O) groups is 1. The van der Waals surface area contributed by atoms with E-state index in [0.717, 1.165) is 12.8 Å². The molecule has 0 atom stereocenters. The molecule has 1 aliphatic rings. The Bertz CT molecular complexity index is 965. The van der Waals surface area contributed by atoms with Crippen molar-refractivity contribution in [3.8, 4) is 11.5 Å². The number of sulfonamides is 1. The van der Waals surface area contributed by atoms with Gasteiger partial charge in [0, 0.05) is 30.4 Å². The summed E-state index contributed by atoms with van der Waals surface area (Å²) in [6.45, 7) is 3.20. The first-order chi connectivity index (χ1) is 13.8. The minimum Gasteiger partial charge on any atom is -0.493 e. The second-order valence-electron chi connectivity index (χ2n) is 7.13. The summed E-state index contributed by atoms with van der Waals surface area (Å²) in [5.74, 6) is 1.27. The Balaban J connectivity index is 1.72. The van der Waals surface area contributed by atoms with Crippen molar-refractivity contribution in [1.82, 2.24) is 4.31 Å². The van der Waals surface area contributed by atoms with Gasteiger partial charge in [-0.05, 0) is 55.2 Å². The van der Waals surface area contributed by atoms with Gasteiger partial charge in [-0.15, -0.1) is 0 Å². The molecule has 8 heteroatoms. The number of ether oxygens (including phenoxy) is 2. The Morgan fingerprint density at radius 2 is 1.62 bits per heavy atom. The molecule has 29 heavy (non-hydrogen) atoms. The summed E-state index contributed by atoms with van der Waals surface area (Å²) in [6.07, 6.45) is 1.73. The molecule has 0 unspecified atom stereocenters. The van der Waals surface area contributed by atoms with E-state index in [1.807, 2.05) is 0 Å². The summed E-state index contributed by atoms with van der Waals surface area (Å²) >= 11 is 0. The molecule has 156 valence electrons. The van der Waals surface area contributed by atoms with Gasteiger partial charge in [0.2, 0.25) is 10.0 Å².